The Balaban J connectivity index is 1.93. The molecule has 5 nitrogen and oxygen atoms in total. The van der Waals surface area contributed by atoms with E-state index in [2.05, 4.69) is 5.32 Å². The minimum absolute atomic E-state index is 0.0752. The highest BCUT2D eigenvalue weighted by atomic mass is 16.6. The lowest BCUT2D eigenvalue weighted by atomic mass is 9.79. The van der Waals surface area contributed by atoms with Crippen molar-refractivity contribution in [1.29, 1.82) is 0 Å². The lowest BCUT2D eigenvalue weighted by molar-refractivity contribution is -0.384. The Morgan fingerprint density at radius 1 is 1.38 bits per heavy atom. The van der Waals surface area contributed by atoms with E-state index in [1.807, 2.05) is 13.0 Å². The van der Waals surface area contributed by atoms with E-state index in [-0.39, 0.29) is 23.3 Å². The molecule has 0 saturated heterocycles. The summed E-state index contributed by atoms with van der Waals surface area (Å²) >= 11 is 0. The van der Waals surface area contributed by atoms with Gasteiger partial charge in [-0.25, -0.2) is 0 Å². The summed E-state index contributed by atoms with van der Waals surface area (Å²) in [6, 6.07) is 6.85. The molecular weight excluding hydrogens is 268 g/mol. The Kier molecular flexibility index (Phi) is 5.70. The van der Waals surface area contributed by atoms with E-state index >= 15 is 0 Å². The van der Waals surface area contributed by atoms with Gasteiger partial charge in [0.2, 0.25) is 0 Å². The fourth-order valence-corrected chi connectivity index (χ4v) is 3.15. The molecule has 0 aliphatic heterocycles. The second-order valence-electron chi connectivity index (χ2n) is 5.97. The largest absolute Gasteiger partial charge is 0.396 e. The summed E-state index contributed by atoms with van der Waals surface area (Å²) < 4.78 is 0. The smallest absolute Gasteiger partial charge is 0.269 e. The zero-order valence-corrected chi connectivity index (χ0v) is 12.5. The molecule has 1 aliphatic rings. The van der Waals surface area contributed by atoms with Crippen molar-refractivity contribution in [2.24, 2.45) is 11.8 Å². The Hall–Kier alpha value is -1.46. The topological polar surface area (TPSA) is 75.4 Å². The average molecular weight is 292 g/mol. The molecule has 1 aromatic rings. The van der Waals surface area contributed by atoms with E-state index in [0.29, 0.717) is 11.8 Å². The second-order valence-corrected chi connectivity index (χ2v) is 5.97. The van der Waals surface area contributed by atoms with Crippen molar-refractivity contribution in [3.05, 3.63) is 39.9 Å². The molecule has 0 bridgehead atoms. The number of nitrogens with zero attached hydrogens (tertiary/aromatic N) is 1. The molecule has 21 heavy (non-hydrogen) atoms. The van der Waals surface area contributed by atoms with Gasteiger partial charge >= 0.3 is 0 Å². The molecule has 116 valence electrons. The molecule has 0 aromatic heterocycles. The van der Waals surface area contributed by atoms with Gasteiger partial charge in [0.05, 0.1) is 4.92 Å². The molecule has 0 amide bonds. The summed E-state index contributed by atoms with van der Waals surface area (Å²) in [5.74, 6) is 0.897. The van der Waals surface area contributed by atoms with Gasteiger partial charge in [0.25, 0.3) is 5.69 Å². The number of nitro benzene ring substituents is 1. The highest BCUT2D eigenvalue weighted by Crippen LogP contribution is 2.29. The molecule has 0 radical (unpaired) electrons. The van der Waals surface area contributed by atoms with Crippen LogP contribution in [0.15, 0.2) is 24.3 Å². The average Bonchev–Trinajstić information content (AvgIpc) is 2.52. The number of hydrogen-bond donors (Lipinski definition) is 2. The minimum atomic E-state index is -0.362. The van der Waals surface area contributed by atoms with Gasteiger partial charge in [-0.3, -0.25) is 10.1 Å². The molecule has 2 rings (SSSR count). The van der Waals surface area contributed by atoms with E-state index in [9.17, 15) is 15.2 Å². The van der Waals surface area contributed by atoms with E-state index in [1.165, 1.54) is 18.9 Å². The highest BCUT2D eigenvalue weighted by molar-refractivity contribution is 5.35. The number of non-ortho nitro benzene ring substituents is 1. The van der Waals surface area contributed by atoms with Crippen LogP contribution < -0.4 is 5.32 Å². The Bertz CT molecular complexity index is 478. The SMILES string of the molecule is CC(NCC1CCCCC1CO)c1cccc([N+](=O)[O-])c1. The molecule has 5 heteroatoms. The normalized spacial score (nSPS) is 23.7. The lowest BCUT2D eigenvalue weighted by Crippen LogP contribution is -2.33. The third-order valence-electron chi connectivity index (χ3n) is 4.57. The zero-order chi connectivity index (χ0) is 15.2. The number of rotatable bonds is 6. The van der Waals surface area contributed by atoms with E-state index < -0.39 is 0 Å². The first-order chi connectivity index (χ1) is 10.1. The number of hydrogen-bond acceptors (Lipinski definition) is 4. The van der Waals surface area contributed by atoms with Crippen LogP contribution in [0.25, 0.3) is 0 Å². The van der Waals surface area contributed by atoms with Crippen LogP contribution in [0, 0.1) is 22.0 Å². The fraction of sp³-hybridized carbons (Fsp3) is 0.625. The second kappa shape index (κ2) is 7.52. The van der Waals surface area contributed by atoms with E-state index in [1.54, 1.807) is 12.1 Å². The molecule has 3 atom stereocenters. The molecule has 1 saturated carbocycles. The summed E-state index contributed by atoms with van der Waals surface area (Å²) in [5, 5.41) is 23.7. The highest BCUT2D eigenvalue weighted by Gasteiger charge is 2.24. The number of benzene rings is 1. The summed E-state index contributed by atoms with van der Waals surface area (Å²) in [6.45, 7) is 3.14. The Morgan fingerprint density at radius 2 is 2.10 bits per heavy atom. The van der Waals surface area contributed by atoms with Crippen LogP contribution in [0.5, 0.6) is 0 Å². The number of nitro groups is 1. The summed E-state index contributed by atoms with van der Waals surface area (Å²) in [6.07, 6.45) is 4.70. The Labute approximate surface area is 125 Å². The van der Waals surface area contributed by atoms with Crippen LogP contribution in [-0.2, 0) is 0 Å². The first-order valence-corrected chi connectivity index (χ1v) is 7.70. The van der Waals surface area contributed by atoms with Gasteiger partial charge in [0.1, 0.15) is 0 Å². The van der Waals surface area contributed by atoms with Crippen LogP contribution in [0.2, 0.25) is 0 Å². The van der Waals surface area contributed by atoms with Crippen molar-refractivity contribution in [1.82, 2.24) is 5.32 Å². The first-order valence-electron chi connectivity index (χ1n) is 7.70. The van der Waals surface area contributed by atoms with Gasteiger partial charge in [0, 0.05) is 24.8 Å². The van der Waals surface area contributed by atoms with Crippen molar-refractivity contribution >= 4 is 5.69 Å². The minimum Gasteiger partial charge on any atom is -0.396 e. The lowest BCUT2D eigenvalue weighted by Gasteiger charge is -2.31. The van der Waals surface area contributed by atoms with Gasteiger partial charge in [-0.15, -0.1) is 0 Å². The van der Waals surface area contributed by atoms with Gasteiger partial charge < -0.3 is 10.4 Å². The molecule has 0 spiro atoms. The quantitative estimate of drug-likeness (QED) is 0.624. The predicted octanol–water partition coefficient (Wildman–Crippen LogP) is 3.04. The molecule has 0 heterocycles. The maximum atomic E-state index is 10.8. The number of nitrogens with one attached hydrogen (secondary N) is 1. The van der Waals surface area contributed by atoms with Crippen molar-refractivity contribution in [3.63, 3.8) is 0 Å². The predicted molar refractivity (Wildman–Crippen MR) is 82.0 cm³/mol. The van der Waals surface area contributed by atoms with Crippen LogP contribution in [0.4, 0.5) is 5.69 Å². The third kappa shape index (κ3) is 4.25. The van der Waals surface area contributed by atoms with Crippen LogP contribution in [-0.4, -0.2) is 23.2 Å². The molecule has 1 aromatic carbocycles. The Morgan fingerprint density at radius 3 is 2.76 bits per heavy atom. The van der Waals surface area contributed by atoms with Crippen LogP contribution >= 0.6 is 0 Å². The van der Waals surface area contributed by atoms with Gasteiger partial charge in [0.15, 0.2) is 0 Å². The van der Waals surface area contributed by atoms with Gasteiger partial charge in [-0.2, -0.15) is 0 Å². The van der Waals surface area contributed by atoms with Crippen LogP contribution in [0.3, 0.4) is 0 Å². The summed E-state index contributed by atoms with van der Waals surface area (Å²) in [7, 11) is 0. The third-order valence-corrected chi connectivity index (χ3v) is 4.57. The molecule has 2 N–H and O–H groups in total. The maximum absolute atomic E-state index is 10.8. The van der Waals surface area contributed by atoms with Crippen molar-refractivity contribution in [3.8, 4) is 0 Å². The number of aliphatic hydroxyl groups excluding tert-OH is 1. The molecule has 1 fully saturated rings. The molecule has 3 unspecified atom stereocenters. The van der Waals surface area contributed by atoms with Crippen molar-refractivity contribution in [2.75, 3.05) is 13.2 Å². The standard InChI is InChI=1S/C16H24N2O3/c1-12(13-7-4-8-16(9-13)18(20)21)17-10-14-5-2-3-6-15(14)11-19/h4,7-9,12,14-15,17,19H,2-3,5-6,10-11H2,1H3. The van der Waals surface area contributed by atoms with Gasteiger partial charge in [-0.05, 0) is 43.7 Å². The van der Waals surface area contributed by atoms with E-state index in [0.717, 1.165) is 24.9 Å². The van der Waals surface area contributed by atoms with Crippen molar-refractivity contribution < 1.29 is 10.0 Å². The zero-order valence-electron chi connectivity index (χ0n) is 12.5. The van der Waals surface area contributed by atoms with Crippen LogP contribution in [0.1, 0.15) is 44.2 Å². The summed E-state index contributed by atoms with van der Waals surface area (Å²) in [5.41, 5.74) is 1.06. The van der Waals surface area contributed by atoms with Gasteiger partial charge in [-0.1, -0.05) is 25.0 Å². The fourth-order valence-electron chi connectivity index (χ4n) is 3.15. The van der Waals surface area contributed by atoms with Crippen molar-refractivity contribution in [2.45, 2.75) is 38.6 Å². The molecule has 1 aliphatic carbocycles. The molecular formula is C16H24N2O3. The van der Waals surface area contributed by atoms with E-state index in [4.69, 9.17) is 0 Å². The maximum Gasteiger partial charge on any atom is 0.269 e. The monoisotopic (exact) mass is 292 g/mol. The summed E-state index contributed by atoms with van der Waals surface area (Å²) in [4.78, 5) is 10.5. The first kappa shape index (κ1) is 15.9. The number of aliphatic hydroxyl groups is 1.